The summed E-state index contributed by atoms with van der Waals surface area (Å²) in [5.41, 5.74) is 0. The molecule has 0 saturated heterocycles. The highest BCUT2D eigenvalue weighted by atomic mass is 32.2. The summed E-state index contributed by atoms with van der Waals surface area (Å²) in [5, 5.41) is 5.00. The first-order valence-corrected chi connectivity index (χ1v) is 6.82. The molecule has 0 amide bonds. The second-order valence-corrected chi connectivity index (χ2v) is 5.28. The van der Waals surface area contributed by atoms with Crippen LogP contribution < -0.4 is 5.32 Å². The Kier molecular flexibility index (Phi) is 3.15. The van der Waals surface area contributed by atoms with Gasteiger partial charge in [-0.25, -0.2) is 15.0 Å². The van der Waals surface area contributed by atoms with E-state index in [0.29, 0.717) is 5.92 Å². The van der Waals surface area contributed by atoms with E-state index in [9.17, 15) is 0 Å². The molecule has 18 heavy (non-hydrogen) atoms. The first-order valence-electron chi connectivity index (χ1n) is 6.01. The fourth-order valence-corrected chi connectivity index (χ4v) is 2.45. The Morgan fingerprint density at radius 2 is 2.11 bits per heavy atom. The number of anilines is 1. The zero-order valence-electron chi connectivity index (χ0n) is 10.1. The average Bonchev–Trinajstić information content (AvgIpc) is 3.24. The van der Waals surface area contributed by atoms with E-state index >= 15 is 0 Å². The van der Waals surface area contributed by atoms with E-state index in [4.69, 9.17) is 0 Å². The number of pyridine rings is 1. The van der Waals surface area contributed by atoms with Crippen molar-refractivity contribution in [3.63, 3.8) is 0 Å². The lowest BCUT2D eigenvalue weighted by Gasteiger charge is -2.06. The molecule has 3 rings (SSSR count). The molecule has 0 unspecified atom stereocenters. The number of rotatable bonds is 4. The molecule has 0 aliphatic heterocycles. The average molecular weight is 258 g/mol. The molecule has 1 aliphatic rings. The summed E-state index contributed by atoms with van der Waals surface area (Å²) in [6.07, 6.45) is 4.21. The Bertz CT molecular complexity index is 540. The van der Waals surface area contributed by atoms with Gasteiger partial charge in [-0.3, -0.25) is 0 Å². The van der Waals surface area contributed by atoms with Gasteiger partial charge in [0.15, 0.2) is 0 Å². The lowest BCUT2D eigenvalue weighted by atomic mass is 10.4. The predicted molar refractivity (Wildman–Crippen MR) is 71.9 cm³/mol. The predicted octanol–water partition coefficient (Wildman–Crippen LogP) is 2.94. The number of hydrogen-bond donors (Lipinski definition) is 1. The van der Waals surface area contributed by atoms with Gasteiger partial charge in [-0.2, -0.15) is 0 Å². The van der Waals surface area contributed by atoms with Crippen molar-refractivity contribution in [2.75, 3.05) is 12.4 Å². The Hall–Kier alpha value is -1.62. The van der Waals surface area contributed by atoms with Crippen LogP contribution in [0, 0.1) is 0 Å². The van der Waals surface area contributed by atoms with Crippen LogP contribution in [-0.2, 0) is 0 Å². The summed E-state index contributed by atoms with van der Waals surface area (Å²) in [7, 11) is 1.88. The van der Waals surface area contributed by atoms with Crippen molar-refractivity contribution in [3.05, 3.63) is 36.3 Å². The molecule has 0 atom stereocenters. The molecule has 2 heterocycles. The van der Waals surface area contributed by atoms with Crippen LogP contribution in [0.25, 0.3) is 0 Å². The summed E-state index contributed by atoms with van der Waals surface area (Å²) in [6.45, 7) is 0. The molecule has 0 spiro atoms. The molecule has 1 N–H and O–H groups in total. The number of nitrogens with zero attached hydrogens (tertiary/aromatic N) is 3. The Labute approximate surface area is 110 Å². The summed E-state index contributed by atoms with van der Waals surface area (Å²) in [6, 6.07) is 7.85. The molecular weight excluding hydrogens is 244 g/mol. The minimum Gasteiger partial charge on any atom is -0.373 e. The van der Waals surface area contributed by atoms with E-state index in [0.717, 1.165) is 21.7 Å². The van der Waals surface area contributed by atoms with Crippen LogP contribution in [0.1, 0.15) is 24.6 Å². The highest BCUT2D eigenvalue weighted by Gasteiger charge is 2.27. The van der Waals surface area contributed by atoms with Crippen LogP contribution in [0.5, 0.6) is 0 Å². The first-order chi connectivity index (χ1) is 8.85. The van der Waals surface area contributed by atoms with Gasteiger partial charge in [0.25, 0.3) is 0 Å². The topological polar surface area (TPSA) is 50.7 Å². The fourth-order valence-electron chi connectivity index (χ4n) is 1.66. The normalized spacial score (nSPS) is 14.5. The molecule has 1 fully saturated rings. The molecule has 92 valence electrons. The van der Waals surface area contributed by atoms with Gasteiger partial charge >= 0.3 is 0 Å². The Morgan fingerprint density at radius 3 is 2.78 bits per heavy atom. The zero-order valence-corrected chi connectivity index (χ0v) is 10.9. The van der Waals surface area contributed by atoms with Gasteiger partial charge in [0, 0.05) is 25.2 Å². The van der Waals surface area contributed by atoms with E-state index < -0.39 is 0 Å². The number of nitrogens with one attached hydrogen (secondary N) is 1. The van der Waals surface area contributed by atoms with Crippen molar-refractivity contribution in [2.24, 2.45) is 0 Å². The molecule has 4 nitrogen and oxygen atoms in total. The molecule has 0 radical (unpaired) electrons. The lowest BCUT2D eigenvalue weighted by Crippen LogP contribution is -2.00. The van der Waals surface area contributed by atoms with Crippen molar-refractivity contribution in [1.82, 2.24) is 15.0 Å². The van der Waals surface area contributed by atoms with Crippen molar-refractivity contribution in [3.8, 4) is 0 Å². The number of aromatic nitrogens is 3. The van der Waals surface area contributed by atoms with Gasteiger partial charge < -0.3 is 5.32 Å². The zero-order chi connectivity index (χ0) is 12.4. The third kappa shape index (κ3) is 2.61. The Morgan fingerprint density at radius 1 is 1.22 bits per heavy atom. The van der Waals surface area contributed by atoms with Gasteiger partial charge in [-0.05, 0) is 36.7 Å². The van der Waals surface area contributed by atoms with E-state index in [1.54, 1.807) is 18.0 Å². The third-order valence-electron chi connectivity index (χ3n) is 2.77. The minimum absolute atomic E-state index is 0.557. The lowest BCUT2D eigenvalue weighted by molar-refractivity contribution is 0.879. The fraction of sp³-hybridized carbons (Fsp3) is 0.308. The molecule has 1 saturated carbocycles. The van der Waals surface area contributed by atoms with Crippen molar-refractivity contribution < 1.29 is 0 Å². The van der Waals surface area contributed by atoms with Crippen LogP contribution in [0.3, 0.4) is 0 Å². The SMILES string of the molecule is CNc1cc(Sc2ccccn2)nc(C2CC2)n1. The van der Waals surface area contributed by atoms with Gasteiger partial charge in [0.05, 0.1) is 0 Å². The molecule has 5 heteroatoms. The maximum absolute atomic E-state index is 4.61. The van der Waals surface area contributed by atoms with Crippen molar-refractivity contribution >= 4 is 17.6 Å². The van der Waals surface area contributed by atoms with Crippen LogP contribution in [0.4, 0.5) is 5.82 Å². The summed E-state index contributed by atoms with van der Waals surface area (Å²) in [4.78, 5) is 13.4. The van der Waals surface area contributed by atoms with Crippen LogP contribution >= 0.6 is 11.8 Å². The molecule has 0 bridgehead atoms. The molecule has 2 aromatic rings. The number of hydrogen-bond acceptors (Lipinski definition) is 5. The van der Waals surface area contributed by atoms with Crippen LogP contribution in [0.15, 0.2) is 40.5 Å². The van der Waals surface area contributed by atoms with E-state index in [-0.39, 0.29) is 0 Å². The quantitative estimate of drug-likeness (QED) is 0.854. The van der Waals surface area contributed by atoms with Gasteiger partial charge in [-0.1, -0.05) is 6.07 Å². The van der Waals surface area contributed by atoms with E-state index in [2.05, 4.69) is 20.3 Å². The van der Waals surface area contributed by atoms with Gasteiger partial charge in [0.1, 0.15) is 21.7 Å². The highest BCUT2D eigenvalue weighted by molar-refractivity contribution is 7.99. The third-order valence-corrected chi connectivity index (χ3v) is 3.63. The van der Waals surface area contributed by atoms with Gasteiger partial charge in [0.2, 0.25) is 0 Å². The van der Waals surface area contributed by atoms with Gasteiger partial charge in [-0.15, -0.1) is 0 Å². The summed E-state index contributed by atoms with van der Waals surface area (Å²) < 4.78 is 0. The van der Waals surface area contributed by atoms with Crippen LogP contribution in [0.2, 0.25) is 0 Å². The second kappa shape index (κ2) is 4.94. The second-order valence-electron chi connectivity index (χ2n) is 4.24. The molecule has 1 aliphatic carbocycles. The van der Waals surface area contributed by atoms with Crippen LogP contribution in [-0.4, -0.2) is 22.0 Å². The van der Waals surface area contributed by atoms with E-state index in [1.807, 2.05) is 31.3 Å². The first kappa shape index (κ1) is 11.5. The smallest absolute Gasteiger partial charge is 0.135 e. The molecular formula is C13H14N4S. The minimum atomic E-state index is 0.557. The molecule has 0 aromatic carbocycles. The maximum atomic E-state index is 4.61. The Balaban J connectivity index is 1.88. The summed E-state index contributed by atoms with van der Waals surface area (Å²) in [5.74, 6) is 2.40. The van der Waals surface area contributed by atoms with Crippen molar-refractivity contribution in [2.45, 2.75) is 28.8 Å². The standard InChI is InChI=1S/C13H14N4S/c1-14-10-8-12(17-13(16-10)9-5-6-9)18-11-4-2-3-7-15-11/h2-4,7-9H,5-6H2,1H3,(H,14,16,17). The van der Waals surface area contributed by atoms with E-state index in [1.165, 1.54) is 12.8 Å². The molecule has 2 aromatic heterocycles. The largest absolute Gasteiger partial charge is 0.373 e. The maximum Gasteiger partial charge on any atom is 0.135 e. The van der Waals surface area contributed by atoms with Crippen molar-refractivity contribution in [1.29, 1.82) is 0 Å². The summed E-state index contributed by atoms with van der Waals surface area (Å²) >= 11 is 1.57. The highest BCUT2D eigenvalue weighted by Crippen LogP contribution is 2.39. The monoisotopic (exact) mass is 258 g/mol.